The molecule has 0 spiro atoms. The van der Waals surface area contributed by atoms with Crippen LogP contribution < -0.4 is 5.73 Å². The molecular weight excluding hydrogens is 525 g/mol. The summed E-state index contributed by atoms with van der Waals surface area (Å²) in [5, 5.41) is 1.42. The Morgan fingerprint density at radius 2 is 1.82 bits per heavy atom. The third kappa shape index (κ3) is 4.67. The minimum Gasteiger partial charge on any atom is -0.383 e. The van der Waals surface area contributed by atoms with Gasteiger partial charge in [-0.2, -0.15) is 13.2 Å². The van der Waals surface area contributed by atoms with Crippen LogP contribution in [-0.2, 0) is 25.6 Å². The van der Waals surface area contributed by atoms with E-state index in [1.165, 1.54) is 17.4 Å². The summed E-state index contributed by atoms with van der Waals surface area (Å²) in [6.07, 6.45) is 1.47. The van der Waals surface area contributed by atoms with Crippen molar-refractivity contribution in [3.8, 4) is 0 Å². The number of benzene rings is 2. The summed E-state index contributed by atoms with van der Waals surface area (Å²) in [5.41, 5.74) is 9.03. The maximum absolute atomic E-state index is 14.0. The van der Waals surface area contributed by atoms with Crippen molar-refractivity contribution < 1.29 is 18.0 Å². The number of nitrogens with two attached hydrogens (primary N) is 1. The number of pyridine rings is 1. The van der Waals surface area contributed by atoms with Crippen molar-refractivity contribution in [2.45, 2.75) is 44.9 Å². The van der Waals surface area contributed by atoms with E-state index < -0.39 is 17.8 Å². The molecule has 0 saturated heterocycles. The van der Waals surface area contributed by atoms with Crippen molar-refractivity contribution in [2.75, 3.05) is 5.73 Å². The number of rotatable bonds is 5. The van der Waals surface area contributed by atoms with E-state index in [0.29, 0.717) is 26.9 Å². The first-order chi connectivity index (χ1) is 18.7. The first-order valence-corrected chi connectivity index (χ1v) is 13.3. The first-order valence-electron chi connectivity index (χ1n) is 12.4. The number of aryl methyl sites for hydroxylation is 1. The van der Waals surface area contributed by atoms with Crippen molar-refractivity contribution in [1.29, 1.82) is 0 Å². The molecule has 1 unspecified atom stereocenters. The fourth-order valence-electron chi connectivity index (χ4n) is 5.11. The van der Waals surface area contributed by atoms with Gasteiger partial charge in [-0.15, -0.1) is 11.3 Å². The van der Waals surface area contributed by atoms with Crippen molar-refractivity contribution in [1.82, 2.24) is 24.8 Å². The largest absolute Gasteiger partial charge is 0.416 e. The number of amides is 1. The van der Waals surface area contributed by atoms with E-state index in [4.69, 9.17) is 5.73 Å². The number of alkyl halides is 3. The molecule has 1 atom stereocenters. The van der Waals surface area contributed by atoms with Gasteiger partial charge in [0.15, 0.2) is 0 Å². The molecule has 2 N–H and O–H groups in total. The van der Waals surface area contributed by atoms with Gasteiger partial charge in [-0.1, -0.05) is 0 Å². The SMILES string of the molecule is CC(c1ncccn1)N(Cc1nc2cc(C(F)(F)F)ccc2s1)C(=O)c1ccc2nc(N)c3c(c2c1)CCC3. The van der Waals surface area contributed by atoms with Crippen LogP contribution in [0.5, 0.6) is 0 Å². The fourth-order valence-corrected chi connectivity index (χ4v) is 6.06. The molecule has 5 aromatic rings. The third-order valence-electron chi connectivity index (χ3n) is 7.09. The molecule has 6 rings (SSSR count). The van der Waals surface area contributed by atoms with E-state index in [2.05, 4.69) is 19.9 Å². The zero-order chi connectivity index (χ0) is 27.3. The van der Waals surface area contributed by atoms with Gasteiger partial charge in [-0.25, -0.2) is 19.9 Å². The molecule has 3 heterocycles. The number of carbonyl (C=O) groups is 1. The molecule has 1 amide bonds. The Labute approximate surface area is 225 Å². The highest BCUT2D eigenvalue weighted by Crippen LogP contribution is 2.35. The van der Waals surface area contributed by atoms with Gasteiger partial charge in [0.1, 0.15) is 16.6 Å². The van der Waals surface area contributed by atoms with Crippen LogP contribution >= 0.6 is 11.3 Å². The maximum Gasteiger partial charge on any atom is 0.416 e. The summed E-state index contributed by atoms with van der Waals surface area (Å²) in [5.74, 6) is 0.716. The number of nitrogen functional groups attached to an aromatic ring is 1. The minimum atomic E-state index is -4.46. The molecule has 7 nitrogen and oxygen atoms in total. The van der Waals surface area contributed by atoms with Crippen LogP contribution in [0, 0.1) is 0 Å². The van der Waals surface area contributed by atoms with Gasteiger partial charge in [-0.05, 0) is 79.8 Å². The molecule has 0 radical (unpaired) electrons. The molecule has 0 aliphatic heterocycles. The Kier molecular flexibility index (Phi) is 6.17. The van der Waals surface area contributed by atoms with E-state index in [1.807, 2.05) is 13.0 Å². The Morgan fingerprint density at radius 1 is 1.05 bits per heavy atom. The van der Waals surface area contributed by atoms with Gasteiger partial charge in [0.05, 0.1) is 33.9 Å². The summed E-state index contributed by atoms with van der Waals surface area (Å²) in [4.78, 5) is 33.3. The summed E-state index contributed by atoms with van der Waals surface area (Å²) in [6, 6.07) is 10.0. The fraction of sp³-hybridized carbons (Fsp3) is 0.250. The Morgan fingerprint density at radius 3 is 2.59 bits per heavy atom. The standard InChI is InChI=1S/C28H23F3N6OS/c1-15(26-33-10-3-11-34-26)37(14-24-35-22-13-17(28(29,30)31)7-9-23(22)39-24)27(38)16-6-8-21-20(12-16)18-4-2-5-19(18)25(32)36-21/h3,6-13,15H,2,4-5,14H2,1H3,(H2,32,36). The van der Waals surface area contributed by atoms with Crippen LogP contribution in [-0.4, -0.2) is 30.7 Å². The van der Waals surface area contributed by atoms with Crippen LogP contribution in [0.3, 0.4) is 0 Å². The van der Waals surface area contributed by atoms with Gasteiger partial charge in [-0.3, -0.25) is 4.79 Å². The smallest absolute Gasteiger partial charge is 0.383 e. The van der Waals surface area contributed by atoms with E-state index in [1.54, 1.807) is 35.5 Å². The monoisotopic (exact) mass is 548 g/mol. The molecule has 1 aliphatic carbocycles. The normalized spacial score (nSPS) is 14.1. The lowest BCUT2D eigenvalue weighted by molar-refractivity contribution is -0.137. The maximum atomic E-state index is 14.0. The highest BCUT2D eigenvalue weighted by atomic mass is 32.1. The Bertz CT molecular complexity index is 1720. The van der Waals surface area contributed by atoms with E-state index in [-0.39, 0.29) is 18.0 Å². The van der Waals surface area contributed by atoms with Crippen LogP contribution in [0.25, 0.3) is 21.1 Å². The van der Waals surface area contributed by atoms with E-state index in [9.17, 15) is 18.0 Å². The molecule has 0 bridgehead atoms. The van der Waals surface area contributed by atoms with Gasteiger partial charge in [0.25, 0.3) is 5.91 Å². The van der Waals surface area contributed by atoms with Crippen LogP contribution in [0.1, 0.15) is 57.3 Å². The summed E-state index contributed by atoms with van der Waals surface area (Å²) in [6.45, 7) is 1.90. The number of anilines is 1. The highest BCUT2D eigenvalue weighted by Gasteiger charge is 2.31. The van der Waals surface area contributed by atoms with Crippen molar-refractivity contribution in [2.24, 2.45) is 0 Å². The highest BCUT2D eigenvalue weighted by molar-refractivity contribution is 7.18. The average Bonchev–Trinajstić information content (AvgIpc) is 3.58. The number of nitrogens with zero attached hydrogens (tertiary/aromatic N) is 5. The lowest BCUT2D eigenvalue weighted by atomic mass is 10.0. The molecule has 0 fully saturated rings. The number of hydrogen-bond donors (Lipinski definition) is 1. The van der Waals surface area contributed by atoms with Crippen LogP contribution in [0.15, 0.2) is 54.9 Å². The van der Waals surface area contributed by atoms with Crippen LogP contribution in [0.2, 0.25) is 0 Å². The topological polar surface area (TPSA) is 97.9 Å². The van der Waals surface area contributed by atoms with Gasteiger partial charge in [0, 0.05) is 23.3 Å². The van der Waals surface area contributed by atoms with Gasteiger partial charge >= 0.3 is 6.18 Å². The number of fused-ring (bicyclic) bond motifs is 4. The zero-order valence-corrected chi connectivity index (χ0v) is 21.7. The Balaban J connectivity index is 1.40. The predicted molar refractivity (Wildman–Crippen MR) is 143 cm³/mol. The molecule has 39 heavy (non-hydrogen) atoms. The summed E-state index contributed by atoms with van der Waals surface area (Å²) in [7, 11) is 0. The molecule has 198 valence electrons. The van der Waals surface area contributed by atoms with Gasteiger partial charge in [0.2, 0.25) is 0 Å². The summed E-state index contributed by atoms with van der Waals surface area (Å²) >= 11 is 1.25. The molecule has 1 aliphatic rings. The number of halogens is 3. The van der Waals surface area contributed by atoms with Crippen molar-refractivity contribution in [3.63, 3.8) is 0 Å². The second-order valence-electron chi connectivity index (χ2n) is 9.54. The quantitative estimate of drug-likeness (QED) is 0.284. The number of hydrogen-bond acceptors (Lipinski definition) is 7. The summed E-state index contributed by atoms with van der Waals surface area (Å²) < 4.78 is 40.3. The molecule has 3 aromatic heterocycles. The Hall–Kier alpha value is -4.12. The molecular formula is C28H23F3N6OS. The molecule has 11 heteroatoms. The second-order valence-corrected chi connectivity index (χ2v) is 10.7. The number of thiazole rings is 1. The predicted octanol–water partition coefficient (Wildman–Crippen LogP) is 6.13. The average molecular weight is 549 g/mol. The minimum absolute atomic E-state index is 0.0785. The lowest BCUT2D eigenvalue weighted by Gasteiger charge is -2.27. The third-order valence-corrected chi connectivity index (χ3v) is 8.11. The molecule has 2 aromatic carbocycles. The second kappa shape index (κ2) is 9.57. The number of aromatic nitrogens is 4. The number of carbonyl (C=O) groups excluding carboxylic acids is 1. The van der Waals surface area contributed by atoms with Gasteiger partial charge < -0.3 is 10.6 Å². The first kappa shape index (κ1) is 25.2. The van der Waals surface area contributed by atoms with Crippen LogP contribution in [0.4, 0.5) is 19.0 Å². The zero-order valence-electron chi connectivity index (χ0n) is 20.9. The van der Waals surface area contributed by atoms with Crippen molar-refractivity contribution in [3.05, 3.63) is 87.9 Å². The van der Waals surface area contributed by atoms with E-state index >= 15 is 0 Å². The molecule has 0 saturated carbocycles. The van der Waals surface area contributed by atoms with Crippen molar-refractivity contribution >= 4 is 44.2 Å². The lowest BCUT2D eigenvalue weighted by Crippen LogP contribution is -2.34. The van der Waals surface area contributed by atoms with E-state index in [0.717, 1.165) is 53.4 Å².